The van der Waals surface area contributed by atoms with Crippen LogP contribution >= 0.6 is 0 Å². The normalized spacial score (nSPS) is 9.58. The van der Waals surface area contributed by atoms with E-state index in [9.17, 15) is 0 Å². The second kappa shape index (κ2) is 2.59. The van der Waals surface area contributed by atoms with E-state index < -0.39 is 0 Å². The molecule has 0 N–H and O–H groups in total. The Kier molecular flexibility index (Phi) is 1.45. The Bertz CT molecular complexity index is 457. The molecule has 0 aliphatic carbocycles. The van der Waals surface area contributed by atoms with Crippen molar-refractivity contribution in [3.63, 3.8) is 0 Å². The molecule has 3 heteroatoms. The highest BCUT2D eigenvalue weighted by Crippen LogP contribution is 2.09. The summed E-state index contributed by atoms with van der Waals surface area (Å²) in [6, 6.07) is 7.30. The standard InChI is InChI=1S/C9H5N3/c10-6-7-1-2-8-9(5-7)12-4-3-11-8/h1-5H. The maximum Gasteiger partial charge on any atom is 0.0992 e. The van der Waals surface area contributed by atoms with Gasteiger partial charge in [-0.3, -0.25) is 9.97 Å². The van der Waals surface area contributed by atoms with Crippen LogP contribution in [-0.4, -0.2) is 9.97 Å². The van der Waals surface area contributed by atoms with E-state index in [2.05, 4.69) is 16.0 Å². The van der Waals surface area contributed by atoms with Crippen LogP contribution in [0.4, 0.5) is 0 Å². The predicted octanol–water partition coefficient (Wildman–Crippen LogP) is 1.50. The van der Waals surface area contributed by atoms with Gasteiger partial charge in [0.2, 0.25) is 0 Å². The summed E-state index contributed by atoms with van der Waals surface area (Å²) in [5.41, 5.74) is 2.19. The van der Waals surface area contributed by atoms with Gasteiger partial charge in [0.1, 0.15) is 0 Å². The lowest BCUT2D eigenvalue weighted by atomic mass is 10.2. The monoisotopic (exact) mass is 155 g/mol. The van der Waals surface area contributed by atoms with Crippen LogP contribution in [0.5, 0.6) is 0 Å². The first kappa shape index (κ1) is 6.74. The lowest BCUT2D eigenvalue weighted by Gasteiger charge is -1.93. The third-order valence-corrected chi connectivity index (χ3v) is 1.60. The summed E-state index contributed by atoms with van der Waals surface area (Å²) in [5, 5.41) is 8.60. The third kappa shape index (κ3) is 0.995. The minimum atomic E-state index is 0.614. The van der Waals surface area contributed by atoms with Crippen LogP contribution in [0.3, 0.4) is 0 Å². The lowest BCUT2D eigenvalue weighted by Crippen LogP contribution is -1.82. The van der Waals surface area contributed by atoms with Gasteiger partial charge in [0.15, 0.2) is 0 Å². The number of benzene rings is 1. The Morgan fingerprint density at radius 1 is 1.08 bits per heavy atom. The minimum absolute atomic E-state index is 0.614. The zero-order valence-electron chi connectivity index (χ0n) is 6.23. The van der Waals surface area contributed by atoms with E-state index in [1.165, 1.54) is 0 Å². The van der Waals surface area contributed by atoms with Gasteiger partial charge in [-0.15, -0.1) is 0 Å². The van der Waals surface area contributed by atoms with Gasteiger partial charge in [-0.1, -0.05) is 0 Å². The van der Waals surface area contributed by atoms with Gasteiger partial charge in [-0.05, 0) is 18.2 Å². The highest BCUT2D eigenvalue weighted by Gasteiger charge is 1.95. The highest BCUT2D eigenvalue weighted by molar-refractivity contribution is 5.75. The number of hydrogen-bond acceptors (Lipinski definition) is 3. The van der Waals surface area contributed by atoms with Crippen molar-refractivity contribution in [3.05, 3.63) is 36.2 Å². The molecule has 12 heavy (non-hydrogen) atoms. The number of aromatic nitrogens is 2. The average Bonchev–Trinajstić information content (AvgIpc) is 2.17. The van der Waals surface area contributed by atoms with Gasteiger partial charge in [0.05, 0.1) is 22.7 Å². The molecule has 2 aromatic rings. The number of nitriles is 1. The number of nitrogens with zero attached hydrogens (tertiary/aromatic N) is 3. The SMILES string of the molecule is N#Cc1ccc2nccnc2c1. The summed E-state index contributed by atoms with van der Waals surface area (Å²) in [6.45, 7) is 0. The zero-order chi connectivity index (χ0) is 8.39. The molecule has 1 aromatic carbocycles. The van der Waals surface area contributed by atoms with Crippen LogP contribution < -0.4 is 0 Å². The molecule has 1 aromatic heterocycles. The van der Waals surface area contributed by atoms with Crippen LogP contribution in [0, 0.1) is 11.3 Å². The first-order valence-corrected chi connectivity index (χ1v) is 3.51. The van der Waals surface area contributed by atoms with Crippen LogP contribution in [0.2, 0.25) is 0 Å². The summed E-state index contributed by atoms with van der Waals surface area (Å²) in [7, 11) is 0. The van der Waals surface area contributed by atoms with Gasteiger partial charge in [0.25, 0.3) is 0 Å². The van der Waals surface area contributed by atoms with E-state index in [1.54, 1.807) is 30.6 Å². The molecule has 2 rings (SSSR count). The van der Waals surface area contributed by atoms with Crippen molar-refractivity contribution in [2.45, 2.75) is 0 Å². The molecule has 0 bridgehead atoms. The predicted molar refractivity (Wildman–Crippen MR) is 44.3 cm³/mol. The van der Waals surface area contributed by atoms with E-state index in [-0.39, 0.29) is 0 Å². The molecule has 56 valence electrons. The van der Waals surface area contributed by atoms with E-state index in [4.69, 9.17) is 5.26 Å². The van der Waals surface area contributed by atoms with Gasteiger partial charge >= 0.3 is 0 Å². The number of rotatable bonds is 0. The Morgan fingerprint density at radius 3 is 2.58 bits per heavy atom. The molecule has 0 amide bonds. The van der Waals surface area contributed by atoms with Crippen molar-refractivity contribution >= 4 is 11.0 Å². The maximum absolute atomic E-state index is 8.60. The van der Waals surface area contributed by atoms with E-state index in [0.717, 1.165) is 11.0 Å². The molecule has 0 saturated heterocycles. The molecule has 0 aliphatic heterocycles. The average molecular weight is 155 g/mol. The van der Waals surface area contributed by atoms with E-state index in [1.807, 2.05) is 0 Å². The Balaban J connectivity index is 2.78. The summed E-state index contributed by atoms with van der Waals surface area (Å²) >= 11 is 0. The Morgan fingerprint density at radius 2 is 1.83 bits per heavy atom. The Labute approximate surface area is 69.3 Å². The van der Waals surface area contributed by atoms with Gasteiger partial charge in [-0.2, -0.15) is 5.26 Å². The van der Waals surface area contributed by atoms with Crippen LogP contribution in [0.1, 0.15) is 5.56 Å². The fourth-order valence-electron chi connectivity index (χ4n) is 1.03. The van der Waals surface area contributed by atoms with Crippen molar-refractivity contribution in [1.82, 2.24) is 9.97 Å². The van der Waals surface area contributed by atoms with Crippen molar-refractivity contribution in [2.24, 2.45) is 0 Å². The first-order valence-electron chi connectivity index (χ1n) is 3.51. The molecule has 0 unspecified atom stereocenters. The number of hydrogen-bond donors (Lipinski definition) is 0. The lowest BCUT2D eigenvalue weighted by molar-refractivity contribution is 1.29. The molecule has 1 heterocycles. The minimum Gasteiger partial charge on any atom is -0.253 e. The third-order valence-electron chi connectivity index (χ3n) is 1.60. The summed E-state index contributed by atoms with van der Waals surface area (Å²) in [5.74, 6) is 0. The summed E-state index contributed by atoms with van der Waals surface area (Å²) in [6.07, 6.45) is 3.25. The number of fused-ring (bicyclic) bond motifs is 1. The fourth-order valence-corrected chi connectivity index (χ4v) is 1.03. The topological polar surface area (TPSA) is 49.6 Å². The van der Waals surface area contributed by atoms with Crippen molar-refractivity contribution < 1.29 is 0 Å². The smallest absolute Gasteiger partial charge is 0.0992 e. The van der Waals surface area contributed by atoms with E-state index in [0.29, 0.717) is 5.56 Å². The fraction of sp³-hybridized carbons (Fsp3) is 0. The van der Waals surface area contributed by atoms with E-state index >= 15 is 0 Å². The second-order valence-electron chi connectivity index (χ2n) is 2.37. The molecule has 0 radical (unpaired) electrons. The highest BCUT2D eigenvalue weighted by atomic mass is 14.8. The Hall–Kier alpha value is -1.95. The van der Waals surface area contributed by atoms with Crippen LogP contribution in [0.15, 0.2) is 30.6 Å². The van der Waals surface area contributed by atoms with Crippen LogP contribution in [-0.2, 0) is 0 Å². The van der Waals surface area contributed by atoms with Gasteiger partial charge in [-0.25, -0.2) is 0 Å². The molecule has 0 saturated carbocycles. The molecule has 0 aliphatic rings. The first-order chi connectivity index (χ1) is 5.90. The van der Waals surface area contributed by atoms with Crippen LogP contribution in [0.25, 0.3) is 11.0 Å². The molecule has 0 spiro atoms. The zero-order valence-corrected chi connectivity index (χ0v) is 6.23. The molecular formula is C9H5N3. The molecule has 0 fully saturated rings. The summed E-state index contributed by atoms with van der Waals surface area (Å²) < 4.78 is 0. The van der Waals surface area contributed by atoms with Gasteiger partial charge < -0.3 is 0 Å². The largest absolute Gasteiger partial charge is 0.253 e. The second-order valence-corrected chi connectivity index (χ2v) is 2.37. The van der Waals surface area contributed by atoms with Gasteiger partial charge in [0, 0.05) is 12.4 Å². The maximum atomic E-state index is 8.60. The van der Waals surface area contributed by atoms with Crippen molar-refractivity contribution in [3.8, 4) is 6.07 Å². The molecule has 3 nitrogen and oxygen atoms in total. The molecular weight excluding hydrogens is 150 g/mol. The van der Waals surface area contributed by atoms with Crippen molar-refractivity contribution in [1.29, 1.82) is 5.26 Å². The van der Waals surface area contributed by atoms with Crippen molar-refractivity contribution in [2.75, 3.05) is 0 Å². The quantitative estimate of drug-likeness (QED) is 0.579. The molecule has 0 atom stereocenters. The summed E-state index contributed by atoms with van der Waals surface area (Å²) in [4.78, 5) is 8.16.